The molecule has 34 valence electrons. The summed E-state index contributed by atoms with van der Waals surface area (Å²) in [6.45, 7) is 0. The Morgan fingerprint density at radius 2 is 1.33 bits per heavy atom. The van der Waals surface area contributed by atoms with Crippen LogP contribution in [0.1, 0.15) is 0 Å². The van der Waals surface area contributed by atoms with E-state index in [1.54, 1.807) is 12.4 Å². The fourth-order valence-corrected chi connectivity index (χ4v) is 0.338. The highest BCUT2D eigenvalue weighted by atomic mass is 127. The summed E-state index contributed by atoms with van der Waals surface area (Å²) in [6.07, 6.45) is 3.24. The predicted octanol–water partition coefficient (Wildman–Crippen LogP) is 1.83. The van der Waals surface area contributed by atoms with E-state index in [9.17, 15) is 0 Å². The summed E-state index contributed by atoms with van der Waals surface area (Å²) in [7, 11) is 0. The molecule has 0 N–H and O–H groups in total. The number of nitrogens with zero attached hydrogens (tertiary/aromatic N) is 2. The van der Waals surface area contributed by atoms with Crippen LogP contribution in [-0.2, 0) is 0 Å². The van der Waals surface area contributed by atoms with Crippen molar-refractivity contribution in [1.82, 2.24) is 0 Å². The Morgan fingerprint density at radius 1 is 1.00 bits per heavy atom. The van der Waals surface area contributed by atoms with Gasteiger partial charge in [0, 0.05) is 0 Å². The van der Waals surface area contributed by atoms with Crippen LogP contribution in [0.2, 0.25) is 0 Å². The molecular weight excluding hydrogens is 306 g/mol. The Hall–Kier alpha value is 0.800. The maximum absolute atomic E-state index is 3.62. The van der Waals surface area contributed by atoms with E-state index in [-0.39, 0.29) is 0 Å². The fraction of sp³-hybridized carbons (Fsp3) is 0. The lowest BCUT2D eigenvalue weighted by molar-refractivity contribution is 2.08. The van der Waals surface area contributed by atoms with Crippen LogP contribution in [0.25, 0.3) is 0 Å². The minimum Gasteiger partial charge on any atom is -0.222 e. The summed E-state index contributed by atoms with van der Waals surface area (Å²) >= 11 is 3.77. The third-order valence-corrected chi connectivity index (χ3v) is 0.823. The molecule has 0 rings (SSSR count). The van der Waals surface area contributed by atoms with E-state index in [2.05, 4.69) is 6.41 Å². The van der Waals surface area contributed by atoms with Crippen LogP contribution in [0.4, 0.5) is 0 Å². The summed E-state index contributed by atoms with van der Waals surface area (Å²) in [5.74, 6) is 0. The molecule has 0 spiro atoms. The zero-order valence-electron chi connectivity index (χ0n) is 2.81. The van der Waals surface area contributed by atoms with E-state index in [1.807, 2.05) is 45.7 Å². The van der Waals surface area contributed by atoms with E-state index in [0.717, 1.165) is 0 Å². The van der Waals surface area contributed by atoms with Crippen molar-refractivity contribution in [2.45, 2.75) is 0 Å². The van der Waals surface area contributed by atoms with Crippen LogP contribution in [0.3, 0.4) is 0 Å². The van der Waals surface area contributed by atoms with Crippen molar-refractivity contribution in [3.8, 4) is 0 Å². The summed E-state index contributed by atoms with van der Waals surface area (Å²) in [6, 6.07) is 0. The second-order valence-corrected chi connectivity index (χ2v) is 1.61. The first kappa shape index (κ1) is 6.80. The molecule has 6 heavy (non-hydrogen) atoms. The topological polar surface area (TPSA) is 24.7 Å². The summed E-state index contributed by atoms with van der Waals surface area (Å²) in [5, 5.41) is 0. The van der Waals surface area contributed by atoms with Gasteiger partial charge in [-0.05, 0) is 0 Å². The first-order chi connectivity index (χ1) is 2.91. The molecule has 0 atom stereocenters. The van der Waals surface area contributed by atoms with Crippen molar-refractivity contribution < 1.29 is 0 Å². The highest BCUT2D eigenvalue weighted by Gasteiger charge is 1.53. The molecule has 0 heterocycles. The van der Waals surface area contributed by atoms with Crippen molar-refractivity contribution in [1.29, 1.82) is 0 Å². The molecule has 4 heteroatoms. The summed E-state index contributed by atoms with van der Waals surface area (Å²) in [5.41, 5.74) is 0. The molecule has 0 aromatic carbocycles. The van der Waals surface area contributed by atoms with Crippen molar-refractivity contribution in [3.05, 3.63) is 0 Å². The van der Waals surface area contributed by atoms with Gasteiger partial charge in [0.2, 0.25) is 0 Å². The number of rotatable bonds is 1. The zero-order valence-corrected chi connectivity index (χ0v) is 7.12. The Bertz CT molecular complexity index is 57.9. The lowest BCUT2D eigenvalue weighted by atomic mass is 10.9. The number of hydrogen-bond acceptors (Lipinski definition) is 2. The van der Waals surface area contributed by atoms with Gasteiger partial charge in [-0.15, -0.1) is 0 Å². The van der Waals surface area contributed by atoms with E-state index < -0.39 is 0 Å². The molecule has 0 aliphatic heterocycles. The molecule has 0 saturated carbocycles. The molecule has 0 aliphatic rings. The average Bonchev–Trinajstić information content (AvgIpc) is 1.61. The van der Waals surface area contributed by atoms with Crippen LogP contribution < -0.4 is 0 Å². The lowest BCUT2D eigenvalue weighted by Crippen LogP contribution is -1.63. The van der Waals surface area contributed by atoms with Crippen molar-refractivity contribution >= 4 is 58.2 Å². The minimum absolute atomic E-state index is 1.62. The third-order valence-electron chi connectivity index (χ3n) is 0.179. The van der Waals surface area contributed by atoms with Crippen LogP contribution in [0.5, 0.6) is 0 Å². The van der Waals surface area contributed by atoms with Gasteiger partial charge >= 0.3 is 0 Å². The van der Waals surface area contributed by atoms with Crippen molar-refractivity contribution in [2.75, 3.05) is 0 Å². The van der Waals surface area contributed by atoms with E-state index in [0.29, 0.717) is 0 Å². The first-order valence-electron chi connectivity index (χ1n) is 1.19. The maximum Gasteiger partial charge on any atom is 0.0831 e. The highest BCUT2D eigenvalue weighted by Crippen LogP contribution is 1.78. The summed E-state index contributed by atoms with van der Waals surface area (Å²) < 4.78 is 7.23. The zero-order chi connectivity index (χ0) is 4.83. The van der Waals surface area contributed by atoms with Gasteiger partial charge in [-0.25, -0.2) is 6.41 Å². The smallest absolute Gasteiger partial charge is 0.0831 e. The molecule has 0 bridgehead atoms. The second kappa shape index (κ2) is 5.80. The standard InChI is InChI=1S/C2H2I2N2/c3-5-1-2-6-4/h1-2H. The SMILES string of the molecule is IN=CC=NI. The van der Waals surface area contributed by atoms with Gasteiger partial charge in [0.05, 0.1) is 58.2 Å². The molecule has 0 fully saturated rings. The van der Waals surface area contributed by atoms with Gasteiger partial charge in [0.15, 0.2) is 0 Å². The molecule has 0 unspecified atom stereocenters. The normalized spacial score (nSPS) is 11.7. The predicted molar refractivity (Wildman–Crippen MR) is 45.0 cm³/mol. The Labute approximate surface area is 64.1 Å². The average molecular weight is 308 g/mol. The van der Waals surface area contributed by atoms with E-state index >= 15 is 0 Å². The number of halogens is 2. The lowest BCUT2D eigenvalue weighted by Gasteiger charge is -1.59. The number of hydrogen-bond donors (Lipinski definition) is 0. The maximum atomic E-state index is 3.62. The van der Waals surface area contributed by atoms with Crippen LogP contribution in [0, 0.1) is 0 Å². The molecule has 0 saturated heterocycles. The first-order valence-corrected chi connectivity index (χ1v) is 3.12. The van der Waals surface area contributed by atoms with Crippen molar-refractivity contribution in [2.24, 2.45) is 6.41 Å². The van der Waals surface area contributed by atoms with Crippen LogP contribution in [0.15, 0.2) is 6.41 Å². The van der Waals surface area contributed by atoms with Gasteiger partial charge in [0.1, 0.15) is 0 Å². The summed E-state index contributed by atoms with van der Waals surface area (Å²) in [4.78, 5) is 0. The van der Waals surface area contributed by atoms with Gasteiger partial charge in [0.25, 0.3) is 0 Å². The van der Waals surface area contributed by atoms with E-state index in [4.69, 9.17) is 0 Å². The van der Waals surface area contributed by atoms with Crippen LogP contribution >= 0.6 is 45.7 Å². The molecular formula is C2H2I2N2. The van der Waals surface area contributed by atoms with Gasteiger partial charge in [-0.3, -0.25) is 0 Å². The quantitative estimate of drug-likeness (QED) is 0.521. The van der Waals surface area contributed by atoms with E-state index in [1.165, 1.54) is 0 Å². The Kier molecular flexibility index (Phi) is 6.57. The fourth-order valence-electron chi connectivity index (χ4n) is 0.0504. The molecule has 0 aromatic rings. The van der Waals surface area contributed by atoms with Crippen molar-refractivity contribution in [3.63, 3.8) is 0 Å². The Balaban J connectivity index is 3.07. The second-order valence-electron chi connectivity index (χ2n) is 0.493. The molecule has 0 amide bonds. The Morgan fingerprint density at radius 3 is 1.50 bits per heavy atom. The highest BCUT2D eigenvalue weighted by molar-refractivity contribution is 14.1. The van der Waals surface area contributed by atoms with Gasteiger partial charge in [-0.1, -0.05) is 0 Å². The largest absolute Gasteiger partial charge is 0.222 e. The molecule has 0 aliphatic carbocycles. The monoisotopic (exact) mass is 308 g/mol. The van der Waals surface area contributed by atoms with Crippen LogP contribution in [-0.4, -0.2) is 12.4 Å². The molecule has 0 radical (unpaired) electrons. The van der Waals surface area contributed by atoms with Gasteiger partial charge < -0.3 is 0 Å². The van der Waals surface area contributed by atoms with Gasteiger partial charge in [-0.2, -0.15) is 0 Å². The molecule has 0 aromatic heterocycles. The molecule has 2 nitrogen and oxygen atoms in total. The minimum atomic E-state index is 1.62. The third kappa shape index (κ3) is 4.80.